The summed E-state index contributed by atoms with van der Waals surface area (Å²) in [7, 11) is 0. The smallest absolute Gasteiger partial charge is 0.251 e. The molecule has 0 saturated heterocycles. The first kappa shape index (κ1) is 15.2. The van der Waals surface area contributed by atoms with Crippen molar-refractivity contribution in [2.75, 3.05) is 13.1 Å². The van der Waals surface area contributed by atoms with Crippen molar-refractivity contribution >= 4 is 5.91 Å². The number of rotatable bonds is 7. The van der Waals surface area contributed by atoms with E-state index in [0.29, 0.717) is 5.92 Å². The molecule has 0 spiro atoms. The maximum Gasteiger partial charge on any atom is 0.251 e. The second-order valence-corrected chi connectivity index (χ2v) is 5.70. The summed E-state index contributed by atoms with van der Waals surface area (Å²) >= 11 is 0. The lowest BCUT2D eigenvalue weighted by molar-refractivity contribution is -0.127. The molecule has 0 saturated carbocycles. The van der Waals surface area contributed by atoms with Crippen molar-refractivity contribution in [3.8, 4) is 0 Å². The van der Waals surface area contributed by atoms with Gasteiger partial charge in [-0.3, -0.25) is 10.1 Å². The molecule has 0 unspecified atom stereocenters. The molecule has 1 aliphatic rings. The van der Waals surface area contributed by atoms with Crippen molar-refractivity contribution < 1.29 is 4.79 Å². The summed E-state index contributed by atoms with van der Waals surface area (Å²) in [5.41, 5.74) is 2.12. The van der Waals surface area contributed by atoms with Gasteiger partial charge in [0.1, 0.15) is 6.17 Å². The predicted octanol–water partition coefficient (Wildman–Crippen LogP) is 2.93. The first-order chi connectivity index (χ1) is 8.49. The molecule has 0 aromatic carbocycles. The summed E-state index contributed by atoms with van der Waals surface area (Å²) in [5.74, 6) is 0.909. The number of unbranched alkanes of at least 4 members (excludes halogenated alkanes) is 1. The molecule has 0 bridgehead atoms. The third-order valence-electron chi connectivity index (χ3n) is 3.71. The average molecular weight is 252 g/mol. The van der Waals surface area contributed by atoms with Crippen molar-refractivity contribution in [3.63, 3.8) is 0 Å². The van der Waals surface area contributed by atoms with Crippen molar-refractivity contribution in [2.24, 2.45) is 5.92 Å². The van der Waals surface area contributed by atoms with Crippen LogP contribution in [-0.4, -0.2) is 30.1 Å². The zero-order chi connectivity index (χ0) is 13.7. The first-order valence-corrected chi connectivity index (χ1v) is 7.20. The summed E-state index contributed by atoms with van der Waals surface area (Å²) in [6, 6.07) is 0. The quantitative estimate of drug-likeness (QED) is 0.755. The van der Waals surface area contributed by atoms with Gasteiger partial charge in [-0.05, 0) is 44.7 Å². The van der Waals surface area contributed by atoms with E-state index in [4.69, 9.17) is 0 Å². The minimum atomic E-state index is 0.128. The van der Waals surface area contributed by atoms with Gasteiger partial charge >= 0.3 is 0 Å². The number of hydrogen-bond donors (Lipinski definition) is 1. The fraction of sp³-hybridized carbons (Fsp3) is 0.800. The Morgan fingerprint density at radius 1 is 1.33 bits per heavy atom. The van der Waals surface area contributed by atoms with Gasteiger partial charge in [0.05, 0.1) is 0 Å². The molecule has 0 radical (unpaired) electrons. The van der Waals surface area contributed by atoms with Gasteiger partial charge in [0, 0.05) is 12.1 Å². The highest BCUT2D eigenvalue weighted by Gasteiger charge is 2.33. The van der Waals surface area contributed by atoms with E-state index in [1.165, 1.54) is 5.57 Å². The molecule has 0 fully saturated rings. The number of amides is 1. The van der Waals surface area contributed by atoms with E-state index < -0.39 is 0 Å². The first-order valence-electron chi connectivity index (χ1n) is 7.20. The molecule has 0 aromatic heterocycles. The molecular formula is C15H28N2O. The zero-order valence-electron chi connectivity index (χ0n) is 12.5. The molecule has 1 rings (SSSR count). The van der Waals surface area contributed by atoms with Crippen LogP contribution >= 0.6 is 0 Å². The number of nitrogens with zero attached hydrogens (tertiary/aromatic N) is 1. The molecule has 104 valence electrons. The van der Waals surface area contributed by atoms with Gasteiger partial charge in [-0.1, -0.05) is 27.2 Å². The molecular weight excluding hydrogens is 224 g/mol. The third-order valence-corrected chi connectivity index (χ3v) is 3.71. The number of carbonyl (C=O) groups is 1. The van der Waals surface area contributed by atoms with Gasteiger partial charge in [-0.15, -0.1) is 0 Å². The molecule has 1 atom stereocenters. The summed E-state index contributed by atoms with van der Waals surface area (Å²) in [4.78, 5) is 14.2. The van der Waals surface area contributed by atoms with Crippen LogP contribution in [0.3, 0.4) is 0 Å². The number of nitrogens with one attached hydrogen (secondary N) is 1. The highest BCUT2D eigenvalue weighted by atomic mass is 16.2. The van der Waals surface area contributed by atoms with Crippen LogP contribution in [0.5, 0.6) is 0 Å². The Labute approximate surface area is 112 Å². The SMILES string of the molecule is CCCCN1C(=O)C(C)=C(C)[C@H]1NCCC(C)C. The summed E-state index contributed by atoms with van der Waals surface area (Å²) in [6.45, 7) is 12.5. The lowest BCUT2D eigenvalue weighted by atomic mass is 10.1. The van der Waals surface area contributed by atoms with Crippen LogP contribution in [0.25, 0.3) is 0 Å². The van der Waals surface area contributed by atoms with E-state index in [0.717, 1.165) is 37.9 Å². The summed E-state index contributed by atoms with van der Waals surface area (Å²) < 4.78 is 0. The van der Waals surface area contributed by atoms with E-state index in [2.05, 4.69) is 33.0 Å². The highest BCUT2D eigenvalue weighted by Crippen LogP contribution is 2.24. The number of hydrogen-bond acceptors (Lipinski definition) is 2. The van der Waals surface area contributed by atoms with Gasteiger partial charge in [-0.2, -0.15) is 0 Å². The average Bonchev–Trinajstić information content (AvgIpc) is 2.52. The van der Waals surface area contributed by atoms with E-state index in [9.17, 15) is 4.79 Å². The van der Waals surface area contributed by atoms with Crippen molar-refractivity contribution in [1.29, 1.82) is 0 Å². The van der Waals surface area contributed by atoms with E-state index in [-0.39, 0.29) is 12.1 Å². The summed E-state index contributed by atoms with van der Waals surface area (Å²) in [6.07, 6.45) is 3.48. The molecule has 3 heteroatoms. The third kappa shape index (κ3) is 3.58. The van der Waals surface area contributed by atoms with Crippen LogP contribution in [-0.2, 0) is 4.79 Å². The Balaban J connectivity index is 2.61. The van der Waals surface area contributed by atoms with Crippen LogP contribution in [0.15, 0.2) is 11.1 Å². The highest BCUT2D eigenvalue weighted by molar-refractivity contribution is 5.96. The van der Waals surface area contributed by atoms with E-state index >= 15 is 0 Å². The van der Waals surface area contributed by atoms with Crippen LogP contribution in [0.2, 0.25) is 0 Å². The topological polar surface area (TPSA) is 32.3 Å². The normalized spacial score (nSPS) is 20.4. The zero-order valence-corrected chi connectivity index (χ0v) is 12.5. The largest absolute Gasteiger partial charge is 0.320 e. The molecule has 1 amide bonds. The van der Waals surface area contributed by atoms with E-state index in [1.54, 1.807) is 0 Å². The van der Waals surface area contributed by atoms with Gasteiger partial charge in [-0.25, -0.2) is 0 Å². The second-order valence-electron chi connectivity index (χ2n) is 5.70. The monoisotopic (exact) mass is 252 g/mol. The molecule has 1 aliphatic heterocycles. The van der Waals surface area contributed by atoms with Crippen LogP contribution in [0, 0.1) is 5.92 Å². The molecule has 1 N–H and O–H groups in total. The second kappa shape index (κ2) is 6.93. The van der Waals surface area contributed by atoms with Crippen molar-refractivity contribution in [2.45, 2.75) is 60.0 Å². The van der Waals surface area contributed by atoms with Gasteiger partial charge in [0.25, 0.3) is 5.91 Å². The van der Waals surface area contributed by atoms with Crippen LogP contribution in [0.1, 0.15) is 53.9 Å². The standard InChI is InChI=1S/C15H28N2O/c1-6-7-10-17-14(16-9-8-11(2)3)12(4)13(5)15(17)18/h11,14,16H,6-10H2,1-5H3/t14-/m0/s1. The van der Waals surface area contributed by atoms with Gasteiger partial charge < -0.3 is 4.90 Å². The minimum Gasteiger partial charge on any atom is -0.320 e. The van der Waals surface area contributed by atoms with Gasteiger partial charge in [0.15, 0.2) is 0 Å². The molecule has 18 heavy (non-hydrogen) atoms. The molecule has 1 heterocycles. The molecule has 0 aromatic rings. The number of carbonyl (C=O) groups excluding carboxylic acids is 1. The predicted molar refractivity (Wildman–Crippen MR) is 76.2 cm³/mol. The van der Waals surface area contributed by atoms with Gasteiger partial charge in [0.2, 0.25) is 0 Å². The van der Waals surface area contributed by atoms with Crippen molar-refractivity contribution in [1.82, 2.24) is 10.2 Å². The summed E-state index contributed by atoms with van der Waals surface area (Å²) in [5, 5.41) is 3.53. The Bertz CT molecular complexity index is 320. The fourth-order valence-corrected chi connectivity index (χ4v) is 2.27. The molecule has 0 aliphatic carbocycles. The maximum atomic E-state index is 12.2. The van der Waals surface area contributed by atoms with Crippen LogP contribution < -0.4 is 5.32 Å². The Morgan fingerprint density at radius 3 is 2.56 bits per heavy atom. The minimum absolute atomic E-state index is 0.128. The fourth-order valence-electron chi connectivity index (χ4n) is 2.27. The Hall–Kier alpha value is -0.830. The lowest BCUT2D eigenvalue weighted by Crippen LogP contribution is -2.46. The molecule has 3 nitrogen and oxygen atoms in total. The van der Waals surface area contributed by atoms with E-state index in [1.807, 2.05) is 11.8 Å². The lowest BCUT2D eigenvalue weighted by Gasteiger charge is -2.27. The Morgan fingerprint density at radius 2 is 2.00 bits per heavy atom. The Kier molecular flexibility index (Phi) is 5.86. The van der Waals surface area contributed by atoms with Crippen LogP contribution in [0.4, 0.5) is 0 Å². The van der Waals surface area contributed by atoms with Crippen molar-refractivity contribution in [3.05, 3.63) is 11.1 Å². The maximum absolute atomic E-state index is 12.2.